The van der Waals surface area contributed by atoms with E-state index in [-0.39, 0.29) is 0 Å². The van der Waals surface area contributed by atoms with Crippen LogP contribution in [-0.4, -0.2) is 29.1 Å². The number of aliphatic hydroxyl groups is 1. The van der Waals surface area contributed by atoms with Gasteiger partial charge in [0, 0.05) is 19.1 Å². The molecule has 1 aromatic rings. The molecular formula is C15H20F3NO. The van der Waals surface area contributed by atoms with Gasteiger partial charge in [0.2, 0.25) is 0 Å². The van der Waals surface area contributed by atoms with Crippen molar-refractivity contribution in [3.8, 4) is 0 Å². The van der Waals surface area contributed by atoms with Crippen LogP contribution in [0.1, 0.15) is 37.8 Å². The van der Waals surface area contributed by atoms with Crippen molar-refractivity contribution in [3.63, 3.8) is 0 Å². The third-order valence-corrected chi connectivity index (χ3v) is 4.11. The van der Waals surface area contributed by atoms with E-state index in [4.69, 9.17) is 0 Å². The fourth-order valence-corrected chi connectivity index (χ4v) is 2.67. The van der Waals surface area contributed by atoms with E-state index < -0.39 is 17.3 Å². The Hall–Kier alpha value is -1.07. The maximum atomic E-state index is 12.5. The van der Waals surface area contributed by atoms with Crippen molar-refractivity contribution in [2.75, 3.05) is 13.1 Å². The number of halogens is 3. The number of nitrogens with zero attached hydrogens (tertiary/aromatic N) is 1. The highest BCUT2D eigenvalue weighted by molar-refractivity contribution is 5.29. The molecular weight excluding hydrogens is 267 g/mol. The van der Waals surface area contributed by atoms with Gasteiger partial charge in [0.05, 0.1) is 11.2 Å². The van der Waals surface area contributed by atoms with E-state index in [0.29, 0.717) is 24.4 Å². The van der Waals surface area contributed by atoms with Crippen LogP contribution in [-0.2, 0) is 11.8 Å². The zero-order valence-corrected chi connectivity index (χ0v) is 11.7. The van der Waals surface area contributed by atoms with Crippen molar-refractivity contribution in [1.82, 2.24) is 4.90 Å². The minimum absolute atomic E-state index is 0.423. The van der Waals surface area contributed by atoms with Gasteiger partial charge in [-0.2, -0.15) is 13.2 Å². The molecule has 1 aliphatic rings. The fourth-order valence-electron chi connectivity index (χ4n) is 2.67. The van der Waals surface area contributed by atoms with Gasteiger partial charge in [0.1, 0.15) is 0 Å². The first-order valence-electron chi connectivity index (χ1n) is 6.86. The molecule has 1 saturated heterocycles. The molecule has 0 bridgehead atoms. The fraction of sp³-hybridized carbons (Fsp3) is 0.600. The number of likely N-dealkylation sites (tertiary alicyclic amines) is 1. The van der Waals surface area contributed by atoms with E-state index in [1.54, 1.807) is 0 Å². The van der Waals surface area contributed by atoms with Crippen LogP contribution in [0.15, 0.2) is 24.3 Å². The Morgan fingerprint density at radius 2 is 1.60 bits per heavy atom. The van der Waals surface area contributed by atoms with Crippen molar-refractivity contribution < 1.29 is 18.3 Å². The summed E-state index contributed by atoms with van der Waals surface area (Å²) < 4.78 is 37.6. The summed E-state index contributed by atoms with van der Waals surface area (Å²) in [7, 11) is 0. The standard InChI is InChI=1S/C15H20F3NO/c1-11(2)19-9-7-14(20,8-10-19)12-3-5-13(6-4-12)15(16,17)18/h3-6,11,20H,7-10H2,1-2H3. The summed E-state index contributed by atoms with van der Waals surface area (Å²) in [5.41, 5.74) is -1.10. The highest BCUT2D eigenvalue weighted by atomic mass is 19.4. The molecule has 0 radical (unpaired) electrons. The van der Waals surface area contributed by atoms with Crippen molar-refractivity contribution in [1.29, 1.82) is 0 Å². The number of hydrogen-bond acceptors (Lipinski definition) is 2. The largest absolute Gasteiger partial charge is 0.416 e. The molecule has 1 N–H and O–H groups in total. The molecule has 0 atom stereocenters. The van der Waals surface area contributed by atoms with E-state index in [1.807, 2.05) is 0 Å². The Morgan fingerprint density at radius 1 is 1.10 bits per heavy atom. The van der Waals surface area contributed by atoms with E-state index in [9.17, 15) is 18.3 Å². The summed E-state index contributed by atoms with van der Waals surface area (Å²) in [6.45, 7) is 5.72. The Morgan fingerprint density at radius 3 is 2.00 bits per heavy atom. The average molecular weight is 287 g/mol. The Kier molecular flexibility index (Phi) is 4.12. The number of piperidine rings is 1. The second-order valence-corrected chi connectivity index (χ2v) is 5.74. The second kappa shape index (κ2) is 5.37. The van der Waals surface area contributed by atoms with Crippen molar-refractivity contribution in [2.24, 2.45) is 0 Å². The summed E-state index contributed by atoms with van der Waals surface area (Å²) in [5.74, 6) is 0. The predicted octanol–water partition coefficient (Wildman–Crippen LogP) is 3.40. The Bertz CT molecular complexity index is 445. The first-order chi connectivity index (χ1) is 9.22. The second-order valence-electron chi connectivity index (χ2n) is 5.74. The molecule has 2 rings (SSSR count). The van der Waals surface area contributed by atoms with Gasteiger partial charge in [-0.3, -0.25) is 0 Å². The third-order valence-electron chi connectivity index (χ3n) is 4.11. The minimum atomic E-state index is -4.33. The van der Waals surface area contributed by atoms with Crippen LogP contribution < -0.4 is 0 Å². The molecule has 0 spiro atoms. The Labute approximate surface area is 117 Å². The van der Waals surface area contributed by atoms with Gasteiger partial charge in [-0.25, -0.2) is 0 Å². The molecule has 1 heterocycles. The highest BCUT2D eigenvalue weighted by Gasteiger charge is 2.36. The maximum absolute atomic E-state index is 12.5. The maximum Gasteiger partial charge on any atom is 0.416 e. The van der Waals surface area contributed by atoms with Crippen LogP contribution in [0.2, 0.25) is 0 Å². The molecule has 5 heteroatoms. The van der Waals surface area contributed by atoms with Gasteiger partial charge in [-0.05, 0) is 44.4 Å². The highest BCUT2D eigenvalue weighted by Crippen LogP contribution is 2.35. The lowest BCUT2D eigenvalue weighted by molar-refractivity contribution is -0.137. The van der Waals surface area contributed by atoms with Crippen LogP contribution in [0.5, 0.6) is 0 Å². The molecule has 0 aliphatic carbocycles. The zero-order chi connectivity index (χ0) is 15.0. The van der Waals surface area contributed by atoms with Gasteiger partial charge in [-0.1, -0.05) is 12.1 Å². The van der Waals surface area contributed by atoms with Crippen LogP contribution in [0.25, 0.3) is 0 Å². The normalized spacial score (nSPS) is 20.4. The number of benzene rings is 1. The van der Waals surface area contributed by atoms with E-state index >= 15 is 0 Å². The van der Waals surface area contributed by atoms with Gasteiger partial charge in [-0.15, -0.1) is 0 Å². The first-order valence-corrected chi connectivity index (χ1v) is 6.86. The number of rotatable bonds is 2. The SMILES string of the molecule is CC(C)N1CCC(O)(c2ccc(C(F)(F)F)cc2)CC1. The summed E-state index contributed by atoms with van der Waals surface area (Å²) >= 11 is 0. The molecule has 1 fully saturated rings. The van der Waals surface area contributed by atoms with E-state index in [1.165, 1.54) is 12.1 Å². The molecule has 0 aromatic heterocycles. The molecule has 1 aliphatic heterocycles. The summed E-state index contributed by atoms with van der Waals surface area (Å²) in [4.78, 5) is 2.26. The quantitative estimate of drug-likeness (QED) is 0.901. The summed E-state index contributed by atoms with van der Waals surface area (Å²) in [5, 5.41) is 10.6. The van der Waals surface area contributed by atoms with E-state index in [0.717, 1.165) is 25.2 Å². The van der Waals surface area contributed by atoms with E-state index in [2.05, 4.69) is 18.7 Å². The molecule has 0 amide bonds. The molecule has 1 aromatic carbocycles. The summed E-state index contributed by atoms with van der Waals surface area (Å²) in [6, 6.07) is 5.30. The molecule has 20 heavy (non-hydrogen) atoms. The van der Waals surface area contributed by atoms with Crippen LogP contribution in [0, 0.1) is 0 Å². The lowest BCUT2D eigenvalue weighted by atomic mass is 9.84. The van der Waals surface area contributed by atoms with Crippen LogP contribution in [0.3, 0.4) is 0 Å². The average Bonchev–Trinajstić information content (AvgIpc) is 2.38. The van der Waals surface area contributed by atoms with Crippen molar-refractivity contribution in [3.05, 3.63) is 35.4 Å². The molecule has 0 unspecified atom stereocenters. The van der Waals surface area contributed by atoms with Gasteiger partial charge < -0.3 is 10.0 Å². The zero-order valence-electron chi connectivity index (χ0n) is 11.7. The third kappa shape index (κ3) is 3.15. The molecule has 0 saturated carbocycles. The van der Waals surface area contributed by atoms with Crippen molar-refractivity contribution in [2.45, 2.75) is 44.5 Å². The van der Waals surface area contributed by atoms with Gasteiger partial charge in [0.15, 0.2) is 0 Å². The first kappa shape index (κ1) is 15.3. The van der Waals surface area contributed by atoms with Crippen LogP contribution >= 0.6 is 0 Å². The summed E-state index contributed by atoms with van der Waals surface area (Å²) in [6.07, 6.45) is -3.23. The van der Waals surface area contributed by atoms with Gasteiger partial charge >= 0.3 is 6.18 Å². The lowest BCUT2D eigenvalue weighted by Crippen LogP contribution is -2.45. The lowest BCUT2D eigenvalue weighted by Gasteiger charge is -2.40. The minimum Gasteiger partial charge on any atom is -0.385 e. The topological polar surface area (TPSA) is 23.5 Å². The van der Waals surface area contributed by atoms with Gasteiger partial charge in [0.25, 0.3) is 0 Å². The number of alkyl halides is 3. The monoisotopic (exact) mass is 287 g/mol. The predicted molar refractivity (Wildman–Crippen MR) is 71.3 cm³/mol. The van der Waals surface area contributed by atoms with Crippen LogP contribution in [0.4, 0.5) is 13.2 Å². The number of hydrogen-bond donors (Lipinski definition) is 1. The smallest absolute Gasteiger partial charge is 0.385 e. The van der Waals surface area contributed by atoms with Crippen molar-refractivity contribution >= 4 is 0 Å². The molecule has 112 valence electrons. The molecule has 2 nitrogen and oxygen atoms in total. The Balaban J connectivity index is 2.12.